The largest absolute Gasteiger partial charge is 0.330 e. The highest BCUT2D eigenvalue weighted by Crippen LogP contribution is 2.16. The fraction of sp³-hybridized carbons (Fsp3) is 0.692. The second-order valence-electron chi connectivity index (χ2n) is 5.46. The van der Waals surface area contributed by atoms with Crippen LogP contribution in [0.1, 0.15) is 12.6 Å². The van der Waals surface area contributed by atoms with Gasteiger partial charge in [-0.1, -0.05) is 6.92 Å². The van der Waals surface area contributed by atoms with E-state index in [1.165, 1.54) is 29.9 Å². The van der Waals surface area contributed by atoms with E-state index in [9.17, 15) is 18.0 Å². The van der Waals surface area contributed by atoms with Crippen LogP contribution < -0.4 is 11.2 Å². The van der Waals surface area contributed by atoms with Gasteiger partial charge in [0.25, 0.3) is 5.56 Å². The molecule has 2 heterocycles. The zero-order valence-corrected chi connectivity index (χ0v) is 14.2. The number of hydrogen-bond donors (Lipinski definition) is 0. The molecule has 0 bridgehead atoms. The normalized spacial score (nSPS) is 17.8. The molecule has 124 valence electrons. The topological polar surface area (TPSA) is 84.6 Å². The fourth-order valence-corrected chi connectivity index (χ4v) is 4.40. The van der Waals surface area contributed by atoms with Crippen molar-refractivity contribution in [3.63, 3.8) is 0 Å². The SMILES string of the molecule is CCN1CCN(S(=O)(=O)c2c(C)n(C)c(=O)n(C)c2=O)CC1. The van der Waals surface area contributed by atoms with Crippen LogP contribution >= 0.6 is 0 Å². The molecule has 1 aromatic heterocycles. The molecule has 0 aliphatic carbocycles. The first-order chi connectivity index (χ1) is 10.2. The molecule has 0 atom stereocenters. The van der Waals surface area contributed by atoms with Gasteiger partial charge in [0.15, 0.2) is 4.90 Å². The molecule has 22 heavy (non-hydrogen) atoms. The molecule has 1 aromatic rings. The van der Waals surface area contributed by atoms with Gasteiger partial charge >= 0.3 is 5.69 Å². The van der Waals surface area contributed by atoms with Crippen molar-refractivity contribution >= 4 is 10.0 Å². The van der Waals surface area contributed by atoms with Gasteiger partial charge in [-0.2, -0.15) is 4.31 Å². The molecule has 0 unspecified atom stereocenters. The summed E-state index contributed by atoms with van der Waals surface area (Å²) in [7, 11) is -1.15. The van der Waals surface area contributed by atoms with Crippen LogP contribution in [-0.4, -0.2) is 59.5 Å². The predicted octanol–water partition coefficient (Wildman–Crippen LogP) is -1.28. The molecule has 0 N–H and O–H groups in total. The van der Waals surface area contributed by atoms with Gasteiger partial charge in [0, 0.05) is 46.0 Å². The summed E-state index contributed by atoms with van der Waals surface area (Å²) in [5.74, 6) is 0. The van der Waals surface area contributed by atoms with Crippen molar-refractivity contribution in [2.75, 3.05) is 32.7 Å². The molecule has 1 saturated heterocycles. The van der Waals surface area contributed by atoms with Crippen LogP contribution in [0.2, 0.25) is 0 Å². The lowest BCUT2D eigenvalue weighted by atomic mass is 10.4. The lowest BCUT2D eigenvalue weighted by Gasteiger charge is -2.33. The third-order valence-electron chi connectivity index (χ3n) is 4.28. The Hall–Kier alpha value is -1.45. The highest BCUT2D eigenvalue weighted by molar-refractivity contribution is 7.89. The second kappa shape index (κ2) is 5.98. The zero-order chi connectivity index (χ0) is 16.7. The van der Waals surface area contributed by atoms with Crippen molar-refractivity contribution in [3.05, 3.63) is 26.5 Å². The Balaban J connectivity index is 2.52. The van der Waals surface area contributed by atoms with Crippen LogP contribution in [0.25, 0.3) is 0 Å². The third kappa shape index (κ3) is 2.64. The Bertz CT molecular complexity index is 785. The predicted molar refractivity (Wildman–Crippen MR) is 82.5 cm³/mol. The van der Waals surface area contributed by atoms with Crippen molar-refractivity contribution in [2.24, 2.45) is 14.1 Å². The van der Waals surface area contributed by atoms with Gasteiger partial charge in [0.2, 0.25) is 10.0 Å². The van der Waals surface area contributed by atoms with Crippen LogP contribution in [-0.2, 0) is 24.1 Å². The minimum atomic E-state index is -3.90. The lowest BCUT2D eigenvalue weighted by molar-refractivity contribution is 0.196. The molecule has 0 aromatic carbocycles. The maximum absolute atomic E-state index is 12.8. The first-order valence-corrected chi connectivity index (χ1v) is 8.65. The van der Waals surface area contributed by atoms with E-state index in [0.29, 0.717) is 26.2 Å². The summed E-state index contributed by atoms with van der Waals surface area (Å²) >= 11 is 0. The summed E-state index contributed by atoms with van der Waals surface area (Å²) in [4.78, 5) is 26.0. The summed E-state index contributed by atoms with van der Waals surface area (Å²) < 4.78 is 29.0. The average Bonchev–Trinajstić information content (AvgIpc) is 2.51. The van der Waals surface area contributed by atoms with Crippen LogP contribution in [0, 0.1) is 6.92 Å². The van der Waals surface area contributed by atoms with Crippen molar-refractivity contribution in [1.82, 2.24) is 18.3 Å². The molecule has 0 amide bonds. The summed E-state index contributed by atoms with van der Waals surface area (Å²) in [6.45, 7) is 6.36. The monoisotopic (exact) mass is 330 g/mol. The van der Waals surface area contributed by atoms with Gasteiger partial charge in [-0.15, -0.1) is 0 Å². The van der Waals surface area contributed by atoms with Gasteiger partial charge in [0.1, 0.15) is 0 Å². The van der Waals surface area contributed by atoms with E-state index in [-0.39, 0.29) is 10.6 Å². The minimum absolute atomic E-state index is 0.172. The molecule has 0 saturated carbocycles. The van der Waals surface area contributed by atoms with E-state index in [1.54, 1.807) is 0 Å². The number of aromatic nitrogens is 2. The molecule has 1 aliphatic heterocycles. The van der Waals surface area contributed by atoms with Gasteiger partial charge in [-0.05, 0) is 13.5 Å². The van der Waals surface area contributed by atoms with Crippen LogP contribution in [0.4, 0.5) is 0 Å². The van der Waals surface area contributed by atoms with Crippen molar-refractivity contribution in [3.8, 4) is 0 Å². The highest BCUT2D eigenvalue weighted by atomic mass is 32.2. The molecule has 0 radical (unpaired) electrons. The maximum Gasteiger partial charge on any atom is 0.330 e. The number of rotatable bonds is 3. The standard InChI is InChI=1S/C13H22N4O4S/c1-5-16-6-8-17(9-7-16)22(20,21)11-10(2)14(3)13(19)15(4)12(11)18/h5-9H2,1-4H3. The molecule has 8 nitrogen and oxygen atoms in total. The quantitative estimate of drug-likeness (QED) is 0.689. The Kier molecular flexibility index (Phi) is 4.59. The van der Waals surface area contributed by atoms with E-state index in [0.717, 1.165) is 11.1 Å². The molecule has 2 rings (SSSR count). The Morgan fingerprint density at radius 3 is 2.05 bits per heavy atom. The van der Waals surface area contributed by atoms with Gasteiger partial charge < -0.3 is 4.90 Å². The summed E-state index contributed by atoms with van der Waals surface area (Å²) in [6.07, 6.45) is 0. The van der Waals surface area contributed by atoms with E-state index >= 15 is 0 Å². The zero-order valence-electron chi connectivity index (χ0n) is 13.4. The van der Waals surface area contributed by atoms with Crippen LogP contribution in [0.5, 0.6) is 0 Å². The maximum atomic E-state index is 12.8. The number of likely N-dealkylation sites (N-methyl/N-ethyl adjacent to an activating group) is 1. The van der Waals surface area contributed by atoms with Crippen LogP contribution in [0.15, 0.2) is 14.5 Å². The lowest BCUT2D eigenvalue weighted by Crippen LogP contribution is -2.50. The second-order valence-corrected chi connectivity index (χ2v) is 7.33. The summed E-state index contributed by atoms with van der Waals surface area (Å²) in [5, 5.41) is 0. The Morgan fingerprint density at radius 2 is 1.55 bits per heavy atom. The summed E-state index contributed by atoms with van der Waals surface area (Å²) in [6, 6.07) is 0. The molecule has 1 aliphatic rings. The third-order valence-corrected chi connectivity index (χ3v) is 6.31. The van der Waals surface area contributed by atoms with Gasteiger partial charge in [-0.25, -0.2) is 13.2 Å². The molecule has 0 spiro atoms. The van der Waals surface area contributed by atoms with Crippen LogP contribution in [0.3, 0.4) is 0 Å². The van der Waals surface area contributed by atoms with E-state index in [2.05, 4.69) is 4.90 Å². The number of piperazine rings is 1. The Morgan fingerprint density at radius 1 is 1.00 bits per heavy atom. The minimum Gasteiger partial charge on any atom is -0.301 e. The first-order valence-electron chi connectivity index (χ1n) is 7.21. The van der Waals surface area contributed by atoms with Crippen molar-refractivity contribution in [1.29, 1.82) is 0 Å². The van der Waals surface area contributed by atoms with Gasteiger partial charge in [-0.3, -0.25) is 13.9 Å². The fourth-order valence-electron chi connectivity index (χ4n) is 2.63. The Labute approximate surface area is 129 Å². The van der Waals surface area contributed by atoms with E-state index in [4.69, 9.17) is 0 Å². The smallest absolute Gasteiger partial charge is 0.301 e. The van der Waals surface area contributed by atoms with E-state index < -0.39 is 21.3 Å². The number of nitrogens with zero attached hydrogens (tertiary/aromatic N) is 4. The van der Waals surface area contributed by atoms with Gasteiger partial charge in [0.05, 0.1) is 0 Å². The average molecular weight is 330 g/mol. The van der Waals surface area contributed by atoms with Crippen molar-refractivity contribution in [2.45, 2.75) is 18.7 Å². The molecular weight excluding hydrogens is 308 g/mol. The highest BCUT2D eigenvalue weighted by Gasteiger charge is 2.33. The molecule has 1 fully saturated rings. The van der Waals surface area contributed by atoms with E-state index in [1.807, 2.05) is 6.92 Å². The number of hydrogen-bond acceptors (Lipinski definition) is 5. The van der Waals surface area contributed by atoms with Crippen molar-refractivity contribution < 1.29 is 8.42 Å². The molecular formula is C13H22N4O4S. The summed E-state index contributed by atoms with van der Waals surface area (Å²) in [5.41, 5.74) is -1.12. The molecule has 9 heteroatoms. The first kappa shape index (κ1) is 16.9. The number of sulfonamides is 1.